The van der Waals surface area contributed by atoms with Crippen molar-refractivity contribution in [3.8, 4) is 0 Å². The van der Waals surface area contributed by atoms with Crippen molar-refractivity contribution in [1.82, 2.24) is 4.90 Å². The van der Waals surface area contributed by atoms with Crippen LogP contribution in [0.4, 0.5) is 0 Å². The largest absolute Gasteiger partial charge is 0.326 e. The van der Waals surface area contributed by atoms with E-state index >= 15 is 0 Å². The number of nitrogens with two attached hydrogens (primary N) is 1. The van der Waals surface area contributed by atoms with Gasteiger partial charge in [-0.15, -0.1) is 0 Å². The molecule has 2 heteroatoms. The Balaban J connectivity index is 5.16. The van der Waals surface area contributed by atoms with Gasteiger partial charge in [-0.2, -0.15) is 0 Å². The molecule has 0 saturated carbocycles. The zero-order chi connectivity index (χ0) is 16.0. The van der Waals surface area contributed by atoms with Crippen LogP contribution in [0.3, 0.4) is 0 Å². The van der Waals surface area contributed by atoms with E-state index in [1.54, 1.807) is 0 Å². The molecule has 0 amide bonds. The van der Waals surface area contributed by atoms with E-state index < -0.39 is 0 Å². The van der Waals surface area contributed by atoms with E-state index in [1.165, 1.54) is 32.1 Å². The van der Waals surface area contributed by atoms with Gasteiger partial charge in [-0.25, -0.2) is 0 Å². The summed E-state index contributed by atoms with van der Waals surface area (Å²) in [5, 5.41) is 0. The molecule has 0 aliphatic heterocycles. The Hall–Kier alpha value is -0.0800. The highest BCUT2D eigenvalue weighted by Gasteiger charge is 2.35. The molecule has 0 aromatic heterocycles. The summed E-state index contributed by atoms with van der Waals surface area (Å²) in [7, 11) is 0. The van der Waals surface area contributed by atoms with Crippen molar-refractivity contribution < 1.29 is 0 Å². The van der Waals surface area contributed by atoms with Crippen LogP contribution in [0.5, 0.6) is 0 Å². The SMILES string of the molecule is CCC(CC)N(C(CC)CC)C(C)(C)CCC(C)(C)N. The van der Waals surface area contributed by atoms with E-state index in [1.807, 2.05) is 0 Å². The molecule has 0 aliphatic rings. The summed E-state index contributed by atoms with van der Waals surface area (Å²) in [6.45, 7) is 18.4. The predicted octanol–water partition coefficient (Wildman–Crippen LogP) is 4.96. The van der Waals surface area contributed by atoms with Gasteiger partial charge in [0, 0.05) is 23.2 Å². The monoisotopic (exact) mass is 284 g/mol. The second-order valence-corrected chi connectivity index (χ2v) is 7.65. The first-order chi connectivity index (χ1) is 9.12. The number of hydrogen-bond donors (Lipinski definition) is 1. The molecule has 0 fully saturated rings. The van der Waals surface area contributed by atoms with Crippen molar-refractivity contribution in [2.45, 2.75) is 117 Å². The highest BCUT2D eigenvalue weighted by Crippen LogP contribution is 2.32. The Morgan fingerprint density at radius 1 is 0.750 bits per heavy atom. The molecule has 0 aromatic rings. The van der Waals surface area contributed by atoms with Gasteiger partial charge in [0.25, 0.3) is 0 Å². The Labute approximate surface area is 128 Å². The van der Waals surface area contributed by atoms with Crippen molar-refractivity contribution in [2.75, 3.05) is 0 Å². The van der Waals surface area contributed by atoms with E-state index in [0.29, 0.717) is 12.1 Å². The average Bonchev–Trinajstić information content (AvgIpc) is 2.36. The van der Waals surface area contributed by atoms with Gasteiger partial charge < -0.3 is 5.73 Å². The summed E-state index contributed by atoms with van der Waals surface area (Å²) >= 11 is 0. The van der Waals surface area contributed by atoms with Gasteiger partial charge in [0.2, 0.25) is 0 Å². The fourth-order valence-corrected chi connectivity index (χ4v) is 3.41. The van der Waals surface area contributed by atoms with E-state index in [0.717, 1.165) is 6.42 Å². The molecule has 0 aliphatic carbocycles. The molecule has 0 aromatic carbocycles. The third kappa shape index (κ3) is 6.13. The predicted molar refractivity (Wildman–Crippen MR) is 92.2 cm³/mol. The normalized spacial score (nSPS) is 13.8. The van der Waals surface area contributed by atoms with Gasteiger partial charge in [0.1, 0.15) is 0 Å². The minimum absolute atomic E-state index is 0.0647. The van der Waals surface area contributed by atoms with Gasteiger partial charge in [-0.1, -0.05) is 27.7 Å². The van der Waals surface area contributed by atoms with Crippen LogP contribution < -0.4 is 5.73 Å². The van der Waals surface area contributed by atoms with Crippen LogP contribution in [-0.4, -0.2) is 28.1 Å². The summed E-state index contributed by atoms with van der Waals surface area (Å²) in [5.74, 6) is 0. The van der Waals surface area contributed by atoms with Crippen molar-refractivity contribution >= 4 is 0 Å². The molecule has 0 spiro atoms. The second-order valence-electron chi connectivity index (χ2n) is 7.65. The van der Waals surface area contributed by atoms with Crippen LogP contribution in [0, 0.1) is 0 Å². The minimum Gasteiger partial charge on any atom is -0.326 e. The van der Waals surface area contributed by atoms with Gasteiger partial charge in [-0.3, -0.25) is 4.90 Å². The molecule has 0 heterocycles. The summed E-state index contributed by atoms with van der Waals surface area (Å²) < 4.78 is 0. The smallest absolute Gasteiger partial charge is 0.0159 e. The van der Waals surface area contributed by atoms with Crippen molar-refractivity contribution in [1.29, 1.82) is 0 Å². The first-order valence-corrected chi connectivity index (χ1v) is 8.70. The van der Waals surface area contributed by atoms with Gasteiger partial charge in [0.15, 0.2) is 0 Å². The standard InChI is InChI=1S/C18H40N2/c1-9-15(10-2)20(16(11-3)12-4)18(7,8)14-13-17(5,6)19/h15-16H,9-14,19H2,1-8H3. The maximum absolute atomic E-state index is 6.21. The number of nitrogens with zero attached hydrogens (tertiary/aromatic N) is 1. The van der Waals surface area contributed by atoms with Crippen LogP contribution in [0.1, 0.15) is 93.9 Å². The zero-order valence-electron chi connectivity index (χ0n) is 15.4. The molecule has 0 unspecified atom stereocenters. The Morgan fingerprint density at radius 2 is 1.10 bits per heavy atom. The Bertz CT molecular complexity index is 233. The number of rotatable bonds is 10. The molecular formula is C18H40N2. The first kappa shape index (κ1) is 19.9. The van der Waals surface area contributed by atoms with Crippen LogP contribution in [0.25, 0.3) is 0 Å². The summed E-state index contributed by atoms with van der Waals surface area (Å²) in [6.07, 6.45) is 7.20. The van der Waals surface area contributed by atoms with E-state index in [4.69, 9.17) is 5.73 Å². The molecule has 122 valence electrons. The first-order valence-electron chi connectivity index (χ1n) is 8.70. The molecule has 0 atom stereocenters. The third-order valence-electron chi connectivity index (χ3n) is 4.75. The minimum atomic E-state index is -0.0647. The third-order valence-corrected chi connectivity index (χ3v) is 4.75. The second kappa shape index (κ2) is 8.38. The fourth-order valence-electron chi connectivity index (χ4n) is 3.41. The topological polar surface area (TPSA) is 29.3 Å². The molecule has 2 nitrogen and oxygen atoms in total. The average molecular weight is 285 g/mol. The quantitative estimate of drug-likeness (QED) is 0.614. The molecular weight excluding hydrogens is 244 g/mol. The molecule has 0 rings (SSSR count). The lowest BCUT2D eigenvalue weighted by Crippen LogP contribution is -2.55. The van der Waals surface area contributed by atoms with Crippen molar-refractivity contribution in [3.05, 3.63) is 0 Å². The van der Waals surface area contributed by atoms with E-state index in [2.05, 4.69) is 60.3 Å². The number of hydrogen-bond acceptors (Lipinski definition) is 2. The highest BCUT2D eigenvalue weighted by molar-refractivity contribution is 4.92. The molecule has 0 saturated heterocycles. The Kier molecular flexibility index (Phi) is 8.35. The Morgan fingerprint density at radius 3 is 1.35 bits per heavy atom. The molecule has 2 N–H and O–H groups in total. The lowest BCUT2D eigenvalue weighted by molar-refractivity contribution is 0.00563. The highest BCUT2D eigenvalue weighted by atomic mass is 15.2. The van der Waals surface area contributed by atoms with E-state index in [-0.39, 0.29) is 11.1 Å². The van der Waals surface area contributed by atoms with Crippen LogP contribution in [-0.2, 0) is 0 Å². The van der Waals surface area contributed by atoms with Gasteiger partial charge >= 0.3 is 0 Å². The van der Waals surface area contributed by atoms with Gasteiger partial charge in [0.05, 0.1) is 0 Å². The molecule has 0 bridgehead atoms. The van der Waals surface area contributed by atoms with Crippen LogP contribution in [0.15, 0.2) is 0 Å². The lowest BCUT2D eigenvalue weighted by atomic mass is 9.85. The van der Waals surface area contributed by atoms with Gasteiger partial charge in [-0.05, 0) is 66.2 Å². The lowest BCUT2D eigenvalue weighted by Gasteiger charge is -2.49. The van der Waals surface area contributed by atoms with Crippen molar-refractivity contribution in [3.63, 3.8) is 0 Å². The maximum Gasteiger partial charge on any atom is 0.0159 e. The van der Waals surface area contributed by atoms with Crippen LogP contribution in [0.2, 0.25) is 0 Å². The maximum atomic E-state index is 6.21. The molecule has 20 heavy (non-hydrogen) atoms. The van der Waals surface area contributed by atoms with Crippen LogP contribution >= 0.6 is 0 Å². The summed E-state index contributed by atoms with van der Waals surface area (Å²) in [5.41, 5.74) is 6.37. The fraction of sp³-hybridized carbons (Fsp3) is 1.00. The summed E-state index contributed by atoms with van der Waals surface area (Å²) in [6, 6.07) is 1.38. The summed E-state index contributed by atoms with van der Waals surface area (Å²) in [4.78, 5) is 2.80. The molecule has 0 radical (unpaired) electrons. The van der Waals surface area contributed by atoms with E-state index in [9.17, 15) is 0 Å². The van der Waals surface area contributed by atoms with Crippen molar-refractivity contribution in [2.24, 2.45) is 5.73 Å². The zero-order valence-corrected chi connectivity index (χ0v) is 15.4.